The van der Waals surface area contributed by atoms with Crippen molar-refractivity contribution in [3.8, 4) is 33.4 Å². The van der Waals surface area contributed by atoms with Gasteiger partial charge in [-0.15, -0.1) is 0 Å². The van der Waals surface area contributed by atoms with E-state index in [9.17, 15) is 0 Å². The predicted molar refractivity (Wildman–Crippen MR) is 195 cm³/mol. The minimum absolute atomic E-state index is 0.0603. The van der Waals surface area contributed by atoms with E-state index in [1.165, 1.54) is 71.4 Å². The average Bonchev–Trinajstić information content (AvgIpc) is 3.59. The number of hydrogen-bond donors (Lipinski definition) is 0. The minimum atomic E-state index is -0.0603. The Morgan fingerprint density at radius 1 is 0.391 bits per heavy atom. The Hall–Kier alpha value is -5.66. The molecule has 9 aromatic rings. The van der Waals surface area contributed by atoms with E-state index in [0.29, 0.717) is 0 Å². The van der Waals surface area contributed by atoms with E-state index >= 15 is 0 Å². The molecule has 216 valence electrons. The molecular formula is C45H30O. The van der Waals surface area contributed by atoms with E-state index in [-0.39, 0.29) is 5.41 Å². The molecule has 1 nitrogen and oxygen atoms in total. The highest BCUT2D eigenvalue weighted by molar-refractivity contribution is 6.27. The van der Waals surface area contributed by atoms with Gasteiger partial charge in [0.25, 0.3) is 0 Å². The summed E-state index contributed by atoms with van der Waals surface area (Å²) >= 11 is 0. The lowest BCUT2D eigenvalue weighted by Crippen LogP contribution is -2.14. The van der Waals surface area contributed by atoms with Gasteiger partial charge in [-0.25, -0.2) is 0 Å². The first-order chi connectivity index (χ1) is 22.6. The lowest BCUT2D eigenvalue weighted by Gasteiger charge is -2.23. The van der Waals surface area contributed by atoms with Crippen molar-refractivity contribution in [3.05, 3.63) is 157 Å². The van der Waals surface area contributed by atoms with Gasteiger partial charge >= 0.3 is 0 Å². The molecule has 0 atom stereocenters. The molecule has 0 fully saturated rings. The number of furan rings is 1. The molecule has 1 aromatic heterocycles. The van der Waals surface area contributed by atoms with E-state index in [1.807, 2.05) is 6.07 Å². The molecule has 1 aliphatic carbocycles. The van der Waals surface area contributed by atoms with Gasteiger partial charge < -0.3 is 4.42 Å². The van der Waals surface area contributed by atoms with Crippen LogP contribution in [0.1, 0.15) is 25.0 Å². The molecule has 0 N–H and O–H groups in total. The fourth-order valence-corrected chi connectivity index (χ4v) is 8.34. The van der Waals surface area contributed by atoms with Gasteiger partial charge in [0.2, 0.25) is 0 Å². The van der Waals surface area contributed by atoms with Crippen molar-refractivity contribution < 1.29 is 4.42 Å². The van der Waals surface area contributed by atoms with Crippen LogP contribution in [0.2, 0.25) is 0 Å². The maximum Gasteiger partial charge on any atom is 0.143 e. The Morgan fingerprint density at radius 3 is 1.65 bits per heavy atom. The summed E-state index contributed by atoms with van der Waals surface area (Å²) in [6.45, 7) is 4.73. The molecule has 1 heterocycles. The highest BCUT2D eigenvalue weighted by Crippen LogP contribution is 2.52. The topological polar surface area (TPSA) is 13.1 Å². The van der Waals surface area contributed by atoms with Gasteiger partial charge in [-0.1, -0.05) is 141 Å². The Balaban J connectivity index is 1.32. The highest BCUT2D eigenvalue weighted by Gasteiger charge is 2.35. The van der Waals surface area contributed by atoms with Gasteiger partial charge in [-0.05, 0) is 89.6 Å². The zero-order valence-electron chi connectivity index (χ0n) is 25.8. The van der Waals surface area contributed by atoms with Crippen LogP contribution in [-0.2, 0) is 5.41 Å². The summed E-state index contributed by atoms with van der Waals surface area (Å²) in [5, 5.41) is 9.71. The first kappa shape index (κ1) is 25.6. The molecule has 0 aliphatic heterocycles. The normalized spacial score (nSPS) is 13.6. The van der Waals surface area contributed by atoms with E-state index in [4.69, 9.17) is 4.42 Å². The van der Waals surface area contributed by atoms with E-state index in [0.717, 1.165) is 27.3 Å². The maximum absolute atomic E-state index is 6.49. The van der Waals surface area contributed by atoms with Gasteiger partial charge in [0.05, 0.1) is 0 Å². The van der Waals surface area contributed by atoms with Crippen molar-refractivity contribution >= 4 is 54.3 Å². The van der Waals surface area contributed by atoms with Gasteiger partial charge in [0.15, 0.2) is 0 Å². The molecule has 8 aromatic carbocycles. The van der Waals surface area contributed by atoms with E-state index in [2.05, 4.69) is 153 Å². The van der Waals surface area contributed by atoms with Crippen LogP contribution in [0.3, 0.4) is 0 Å². The van der Waals surface area contributed by atoms with Crippen LogP contribution in [0.25, 0.3) is 87.6 Å². The molecule has 10 rings (SSSR count). The van der Waals surface area contributed by atoms with Crippen LogP contribution in [0, 0.1) is 0 Å². The second-order valence-corrected chi connectivity index (χ2v) is 13.2. The standard InChI is InChI=1S/C45H30O/c1-45(2)39-21-11-9-14-29(39)30-24-23-27(25-40(30)45)42-32-16-4-6-18-34(32)43(35-19-7-5-17-33(35)42)37-26-38-31-15-10-12-22-41(31)46-44(38)36-20-8-3-13-28(36)37/h3-26H,1-2H3. The lowest BCUT2D eigenvalue weighted by molar-refractivity contribution is 0.660. The summed E-state index contributed by atoms with van der Waals surface area (Å²) < 4.78 is 6.49. The Bertz CT molecular complexity index is 2660. The number of para-hydroxylation sites is 1. The Morgan fingerprint density at radius 2 is 0.935 bits per heavy atom. The molecule has 0 spiro atoms. The largest absolute Gasteiger partial charge is 0.455 e. The molecule has 1 aliphatic rings. The van der Waals surface area contributed by atoms with Crippen LogP contribution in [0.15, 0.2) is 150 Å². The van der Waals surface area contributed by atoms with Crippen molar-refractivity contribution in [1.82, 2.24) is 0 Å². The third-order valence-corrected chi connectivity index (χ3v) is 10.5. The van der Waals surface area contributed by atoms with Crippen LogP contribution < -0.4 is 0 Å². The second-order valence-electron chi connectivity index (χ2n) is 13.2. The van der Waals surface area contributed by atoms with Gasteiger partial charge in [0.1, 0.15) is 11.2 Å². The van der Waals surface area contributed by atoms with Crippen LogP contribution in [0.5, 0.6) is 0 Å². The number of rotatable bonds is 2. The van der Waals surface area contributed by atoms with Crippen LogP contribution in [-0.4, -0.2) is 0 Å². The highest BCUT2D eigenvalue weighted by atomic mass is 16.3. The van der Waals surface area contributed by atoms with Gasteiger partial charge in [-0.3, -0.25) is 0 Å². The summed E-state index contributed by atoms with van der Waals surface area (Å²) in [4.78, 5) is 0. The van der Waals surface area contributed by atoms with E-state index in [1.54, 1.807) is 0 Å². The molecule has 0 radical (unpaired) electrons. The fraction of sp³-hybridized carbons (Fsp3) is 0.0667. The third kappa shape index (κ3) is 3.35. The van der Waals surface area contributed by atoms with Gasteiger partial charge in [0, 0.05) is 21.6 Å². The summed E-state index contributed by atoms with van der Waals surface area (Å²) in [5.41, 5.74) is 12.4. The smallest absolute Gasteiger partial charge is 0.143 e. The fourth-order valence-electron chi connectivity index (χ4n) is 8.34. The first-order valence-electron chi connectivity index (χ1n) is 16.1. The summed E-state index contributed by atoms with van der Waals surface area (Å²) in [7, 11) is 0. The number of benzene rings is 8. The lowest BCUT2D eigenvalue weighted by atomic mass is 9.80. The zero-order chi connectivity index (χ0) is 30.6. The third-order valence-electron chi connectivity index (χ3n) is 10.5. The monoisotopic (exact) mass is 586 g/mol. The molecule has 0 saturated carbocycles. The summed E-state index contributed by atoms with van der Waals surface area (Å²) in [6.07, 6.45) is 0. The number of hydrogen-bond acceptors (Lipinski definition) is 1. The Labute approximate surface area is 267 Å². The first-order valence-corrected chi connectivity index (χ1v) is 16.1. The van der Waals surface area contributed by atoms with Crippen molar-refractivity contribution in [1.29, 1.82) is 0 Å². The van der Waals surface area contributed by atoms with Crippen molar-refractivity contribution in [2.45, 2.75) is 19.3 Å². The van der Waals surface area contributed by atoms with Crippen molar-refractivity contribution in [2.75, 3.05) is 0 Å². The molecule has 0 saturated heterocycles. The molecule has 46 heavy (non-hydrogen) atoms. The van der Waals surface area contributed by atoms with E-state index < -0.39 is 0 Å². The number of fused-ring (bicyclic) bond motifs is 10. The Kier molecular flexibility index (Phi) is 5.12. The molecule has 0 bridgehead atoms. The molecule has 0 unspecified atom stereocenters. The predicted octanol–water partition coefficient (Wildman–Crippen LogP) is 12.7. The molecule has 0 amide bonds. The van der Waals surface area contributed by atoms with Crippen molar-refractivity contribution in [2.24, 2.45) is 0 Å². The zero-order valence-corrected chi connectivity index (χ0v) is 25.8. The average molecular weight is 587 g/mol. The maximum atomic E-state index is 6.49. The minimum Gasteiger partial charge on any atom is -0.455 e. The summed E-state index contributed by atoms with van der Waals surface area (Å²) in [5.74, 6) is 0. The van der Waals surface area contributed by atoms with Crippen LogP contribution in [0.4, 0.5) is 0 Å². The quantitative estimate of drug-likeness (QED) is 0.184. The molecule has 1 heteroatoms. The van der Waals surface area contributed by atoms with Crippen LogP contribution >= 0.6 is 0 Å². The van der Waals surface area contributed by atoms with Gasteiger partial charge in [-0.2, -0.15) is 0 Å². The molecular weight excluding hydrogens is 556 g/mol. The summed E-state index contributed by atoms with van der Waals surface area (Å²) in [6, 6.07) is 53.4. The van der Waals surface area contributed by atoms with Crippen molar-refractivity contribution in [3.63, 3.8) is 0 Å². The SMILES string of the molecule is CC1(C)c2ccccc2-c2ccc(-c3c4ccccc4c(-c4cc5c6ccccc6oc5c5ccccc45)c4ccccc34)cc21. The second kappa shape index (κ2) is 9.19.